The number of nitrogens with two attached hydrogens (primary N) is 1. The van der Waals surface area contributed by atoms with E-state index in [-0.39, 0.29) is 0 Å². The van der Waals surface area contributed by atoms with Gasteiger partial charge in [-0.1, -0.05) is 6.07 Å². The molecule has 3 rings (SSSR count). The first-order chi connectivity index (χ1) is 9.74. The molecule has 20 heavy (non-hydrogen) atoms. The minimum atomic E-state index is 0.545. The molecular formula is C15H21N5. The highest BCUT2D eigenvalue weighted by Gasteiger charge is 2.12. The molecule has 0 aliphatic carbocycles. The molecule has 0 atom stereocenters. The minimum absolute atomic E-state index is 0.545. The maximum Gasteiger partial charge on any atom is 0.191 e. The molecule has 2 N–H and O–H groups in total. The van der Waals surface area contributed by atoms with Crippen LogP contribution in [0.4, 0.5) is 0 Å². The lowest BCUT2D eigenvalue weighted by Gasteiger charge is -2.27. The fourth-order valence-electron chi connectivity index (χ4n) is 2.66. The van der Waals surface area contributed by atoms with E-state index in [4.69, 9.17) is 5.73 Å². The van der Waals surface area contributed by atoms with E-state index < -0.39 is 0 Å². The van der Waals surface area contributed by atoms with Gasteiger partial charge in [0.15, 0.2) is 5.96 Å². The molecule has 5 nitrogen and oxygen atoms in total. The third-order valence-electron chi connectivity index (χ3n) is 3.83. The molecule has 0 radical (unpaired) electrons. The predicted octanol–water partition coefficient (Wildman–Crippen LogP) is 1.94. The fourth-order valence-corrected chi connectivity index (χ4v) is 2.66. The van der Waals surface area contributed by atoms with Gasteiger partial charge < -0.3 is 15.0 Å². The first kappa shape index (κ1) is 13.0. The number of hydrogen-bond donors (Lipinski definition) is 1. The number of rotatable bonds is 2. The molecule has 0 spiro atoms. The van der Waals surface area contributed by atoms with E-state index in [1.54, 1.807) is 0 Å². The van der Waals surface area contributed by atoms with Crippen LogP contribution in [0.2, 0.25) is 0 Å². The SMILES string of the molecule is Cc1cccc2nc(CN=C(N)N3CCCCC3)cn12. The average Bonchev–Trinajstić information content (AvgIpc) is 2.90. The van der Waals surface area contributed by atoms with Crippen LogP contribution < -0.4 is 5.73 Å². The van der Waals surface area contributed by atoms with Gasteiger partial charge in [-0.25, -0.2) is 9.98 Å². The Kier molecular flexibility index (Phi) is 3.58. The van der Waals surface area contributed by atoms with Crippen LogP contribution in [-0.4, -0.2) is 33.3 Å². The van der Waals surface area contributed by atoms with Crippen LogP contribution in [0.1, 0.15) is 30.7 Å². The van der Waals surface area contributed by atoms with Gasteiger partial charge in [-0.2, -0.15) is 0 Å². The summed E-state index contributed by atoms with van der Waals surface area (Å²) in [5.74, 6) is 0.651. The van der Waals surface area contributed by atoms with Gasteiger partial charge in [-0.15, -0.1) is 0 Å². The van der Waals surface area contributed by atoms with E-state index in [1.807, 2.05) is 18.3 Å². The minimum Gasteiger partial charge on any atom is -0.370 e. The molecule has 5 heteroatoms. The van der Waals surface area contributed by atoms with Crippen molar-refractivity contribution in [3.63, 3.8) is 0 Å². The van der Waals surface area contributed by atoms with Gasteiger partial charge >= 0.3 is 0 Å². The number of fused-ring (bicyclic) bond motifs is 1. The summed E-state index contributed by atoms with van der Waals surface area (Å²) in [4.78, 5) is 11.2. The normalized spacial score (nSPS) is 16.9. The predicted molar refractivity (Wildman–Crippen MR) is 80.7 cm³/mol. The number of aryl methyl sites for hydroxylation is 1. The molecular weight excluding hydrogens is 250 g/mol. The third-order valence-corrected chi connectivity index (χ3v) is 3.83. The monoisotopic (exact) mass is 271 g/mol. The van der Waals surface area contributed by atoms with Crippen molar-refractivity contribution in [3.8, 4) is 0 Å². The zero-order valence-corrected chi connectivity index (χ0v) is 11.9. The van der Waals surface area contributed by atoms with E-state index in [9.17, 15) is 0 Å². The number of aromatic nitrogens is 2. The number of nitrogens with zero attached hydrogens (tertiary/aromatic N) is 4. The van der Waals surface area contributed by atoms with E-state index >= 15 is 0 Å². The third kappa shape index (κ3) is 2.61. The van der Waals surface area contributed by atoms with Gasteiger partial charge in [-0.05, 0) is 38.3 Å². The maximum absolute atomic E-state index is 6.06. The number of piperidine rings is 1. The van der Waals surface area contributed by atoms with E-state index in [2.05, 4.69) is 32.3 Å². The average molecular weight is 271 g/mol. The Morgan fingerprint density at radius 2 is 2.10 bits per heavy atom. The van der Waals surface area contributed by atoms with Crippen molar-refractivity contribution in [3.05, 3.63) is 35.8 Å². The van der Waals surface area contributed by atoms with Crippen molar-refractivity contribution in [1.29, 1.82) is 0 Å². The topological polar surface area (TPSA) is 58.9 Å². The molecule has 1 aliphatic heterocycles. The number of imidazole rings is 1. The highest BCUT2D eigenvalue weighted by molar-refractivity contribution is 5.78. The Morgan fingerprint density at radius 3 is 2.85 bits per heavy atom. The standard InChI is InChI=1S/C15H21N5/c1-12-6-5-7-14-18-13(11-20(12)14)10-17-15(16)19-8-3-2-4-9-19/h5-7,11H,2-4,8-10H2,1H3,(H2,16,17). The molecule has 3 heterocycles. The van der Waals surface area contributed by atoms with Crippen molar-refractivity contribution in [2.45, 2.75) is 32.7 Å². The van der Waals surface area contributed by atoms with Crippen LogP contribution >= 0.6 is 0 Å². The smallest absolute Gasteiger partial charge is 0.191 e. The van der Waals surface area contributed by atoms with Gasteiger partial charge in [0, 0.05) is 25.0 Å². The second kappa shape index (κ2) is 5.53. The second-order valence-electron chi connectivity index (χ2n) is 5.35. The zero-order chi connectivity index (χ0) is 13.9. The van der Waals surface area contributed by atoms with Crippen LogP contribution in [0.5, 0.6) is 0 Å². The van der Waals surface area contributed by atoms with Gasteiger partial charge in [0.2, 0.25) is 0 Å². The Hall–Kier alpha value is -2.04. The number of hydrogen-bond acceptors (Lipinski definition) is 2. The summed E-state index contributed by atoms with van der Waals surface area (Å²) in [5, 5.41) is 0. The summed E-state index contributed by atoms with van der Waals surface area (Å²) in [6.45, 7) is 4.67. The zero-order valence-electron chi connectivity index (χ0n) is 11.9. The highest BCUT2D eigenvalue weighted by atomic mass is 15.3. The lowest BCUT2D eigenvalue weighted by atomic mass is 10.1. The number of pyridine rings is 1. The Bertz CT molecular complexity index is 622. The molecule has 1 aliphatic rings. The second-order valence-corrected chi connectivity index (χ2v) is 5.35. The van der Waals surface area contributed by atoms with Crippen molar-refractivity contribution < 1.29 is 0 Å². The molecule has 0 bridgehead atoms. The molecule has 2 aromatic heterocycles. The first-order valence-electron chi connectivity index (χ1n) is 7.22. The molecule has 0 unspecified atom stereocenters. The summed E-state index contributed by atoms with van der Waals surface area (Å²) in [6.07, 6.45) is 5.76. The summed E-state index contributed by atoms with van der Waals surface area (Å²) < 4.78 is 2.09. The molecule has 1 fully saturated rings. The number of guanidine groups is 1. The molecule has 1 saturated heterocycles. The van der Waals surface area contributed by atoms with Crippen LogP contribution in [0.25, 0.3) is 5.65 Å². The van der Waals surface area contributed by atoms with Crippen LogP contribution in [-0.2, 0) is 6.54 Å². The van der Waals surface area contributed by atoms with Gasteiger partial charge in [0.25, 0.3) is 0 Å². The van der Waals surface area contributed by atoms with Gasteiger partial charge in [-0.3, -0.25) is 0 Å². The van der Waals surface area contributed by atoms with E-state index in [1.165, 1.54) is 25.0 Å². The Balaban J connectivity index is 1.74. The molecule has 0 amide bonds. The summed E-state index contributed by atoms with van der Waals surface area (Å²) in [7, 11) is 0. The van der Waals surface area contributed by atoms with E-state index in [0.29, 0.717) is 12.5 Å². The van der Waals surface area contributed by atoms with Gasteiger partial charge in [0.1, 0.15) is 5.65 Å². The first-order valence-corrected chi connectivity index (χ1v) is 7.22. The lowest BCUT2D eigenvalue weighted by molar-refractivity contribution is 0.338. The summed E-state index contributed by atoms with van der Waals surface area (Å²) in [6, 6.07) is 6.10. The number of likely N-dealkylation sites (tertiary alicyclic amines) is 1. The molecule has 0 aromatic carbocycles. The van der Waals surface area contributed by atoms with Crippen molar-refractivity contribution in [2.75, 3.05) is 13.1 Å². The lowest BCUT2D eigenvalue weighted by Crippen LogP contribution is -2.40. The highest BCUT2D eigenvalue weighted by Crippen LogP contribution is 2.11. The Morgan fingerprint density at radius 1 is 1.30 bits per heavy atom. The largest absolute Gasteiger partial charge is 0.370 e. The Labute approximate surface area is 119 Å². The van der Waals surface area contributed by atoms with Crippen LogP contribution in [0, 0.1) is 6.92 Å². The van der Waals surface area contributed by atoms with Crippen molar-refractivity contribution in [1.82, 2.24) is 14.3 Å². The van der Waals surface area contributed by atoms with Crippen molar-refractivity contribution >= 4 is 11.6 Å². The molecule has 106 valence electrons. The fraction of sp³-hybridized carbons (Fsp3) is 0.467. The molecule has 2 aromatic rings. The summed E-state index contributed by atoms with van der Waals surface area (Å²) in [5.41, 5.74) is 9.16. The van der Waals surface area contributed by atoms with Crippen LogP contribution in [0.3, 0.4) is 0 Å². The van der Waals surface area contributed by atoms with Crippen molar-refractivity contribution in [2.24, 2.45) is 10.7 Å². The van der Waals surface area contributed by atoms with E-state index in [0.717, 1.165) is 24.4 Å². The number of aliphatic imine (C=N–C) groups is 1. The molecule has 0 saturated carbocycles. The maximum atomic E-state index is 6.06. The quantitative estimate of drug-likeness (QED) is 0.671. The van der Waals surface area contributed by atoms with Gasteiger partial charge in [0.05, 0.1) is 12.2 Å². The summed E-state index contributed by atoms with van der Waals surface area (Å²) >= 11 is 0. The van der Waals surface area contributed by atoms with Crippen LogP contribution in [0.15, 0.2) is 29.4 Å².